The van der Waals surface area contributed by atoms with Crippen molar-refractivity contribution >= 4 is 26.7 Å². The molecule has 0 saturated carbocycles. The first-order valence-corrected chi connectivity index (χ1v) is 12.6. The largest absolute Gasteiger partial charge is 0.381 e. The van der Waals surface area contributed by atoms with Crippen LogP contribution in [0.2, 0.25) is 0 Å². The van der Waals surface area contributed by atoms with Gasteiger partial charge in [-0.3, -0.25) is 4.31 Å². The highest BCUT2D eigenvalue weighted by molar-refractivity contribution is 7.92. The highest BCUT2D eigenvalue weighted by atomic mass is 32.2. The van der Waals surface area contributed by atoms with Crippen LogP contribution >= 0.6 is 0 Å². The molecule has 7 heteroatoms. The zero-order chi connectivity index (χ0) is 21.8. The van der Waals surface area contributed by atoms with Gasteiger partial charge in [-0.05, 0) is 55.5 Å². The highest BCUT2D eigenvalue weighted by Gasteiger charge is 2.23. The van der Waals surface area contributed by atoms with Crippen LogP contribution in [0.25, 0.3) is 11.0 Å². The molecule has 1 fully saturated rings. The second kappa shape index (κ2) is 9.40. The molecule has 1 aromatic heterocycles. The van der Waals surface area contributed by atoms with Gasteiger partial charge in [0, 0.05) is 33.2 Å². The smallest absolute Gasteiger partial charge is 0.264 e. The third-order valence-electron chi connectivity index (χ3n) is 6.11. The van der Waals surface area contributed by atoms with Crippen LogP contribution in [0, 0.1) is 5.92 Å². The Morgan fingerprint density at radius 1 is 1.13 bits per heavy atom. The molecule has 0 unspecified atom stereocenters. The number of aryl methyl sites for hydroxylation is 1. The molecule has 1 saturated heterocycles. The lowest BCUT2D eigenvalue weighted by atomic mass is 10.00. The first-order chi connectivity index (χ1) is 15.0. The van der Waals surface area contributed by atoms with E-state index >= 15 is 0 Å². The number of sulfonamides is 1. The van der Waals surface area contributed by atoms with E-state index in [0.717, 1.165) is 68.7 Å². The van der Waals surface area contributed by atoms with Gasteiger partial charge in [0.15, 0.2) is 0 Å². The monoisotopic (exact) mass is 441 g/mol. The molecule has 0 N–H and O–H groups in total. The van der Waals surface area contributed by atoms with Gasteiger partial charge < -0.3 is 9.30 Å². The standard InChI is InChI=1S/C24H31N3O3S/c1-3-4-10-24-25-22-17-20(26(2)31(28,29)21-8-6-5-7-9-21)11-12-23(22)27(24)18-19-13-15-30-16-14-19/h5-9,11-12,17,19H,3-4,10,13-16,18H2,1-2H3. The maximum Gasteiger partial charge on any atom is 0.264 e. The van der Waals surface area contributed by atoms with Crippen molar-refractivity contribution < 1.29 is 13.2 Å². The predicted octanol–water partition coefficient (Wildman–Crippen LogP) is 4.63. The topological polar surface area (TPSA) is 64.4 Å². The lowest BCUT2D eigenvalue weighted by molar-refractivity contribution is 0.0613. The van der Waals surface area contributed by atoms with Crippen molar-refractivity contribution in [2.24, 2.45) is 5.92 Å². The first-order valence-electron chi connectivity index (χ1n) is 11.1. The number of unbranched alkanes of at least 4 members (excludes halogenated alkanes) is 1. The van der Waals surface area contributed by atoms with Crippen LogP contribution in [-0.4, -0.2) is 38.2 Å². The second-order valence-electron chi connectivity index (χ2n) is 8.26. The van der Waals surface area contributed by atoms with Crippen LogP contribution in [0.3, 0.4) is 0 Å². The van der Waals surface area contributed by atoms with Crippen molar-refractivity contribution in [3.8, 4) is 0 Å². The minimum absolute atomic E-state index is 0.284. The SMILES string of the molecule is CCCCc1nc2cc(N(C)S(=O)(=O)c3ccccc3)ccc2n1CC1CCOCC1. The lowest BCUT2D eigenvalue weighted by Gasteiger charge is -2.23. The van der Waals surface area contributed by atoms with E-state index in [0.29, 0.717) is 11.6 Å². The number of imidazole rings is 1. The second-order valence-corrected chi connectivity index (χ2v) is 10.2. The van der Waals surface area contributed by atoms with E-state index in [1.165, 1.54) is 4.31 Å². The van der Waals surface area contributed by atoms with Gasteiger partial charge in [-0.25, -0.2) is 13.4 Å². The Balaban J connectivity index is 1.68. The number of anilines is 1. The van der Waals surface area contributed by atoms with Crippen molar-refractivity contribution in [3.63, 3.8) is 0 Å². The van der Waals surface area contributed by atoms with Crippen LogP contribution in [0.1, 0.15) is 38.4 Å². The van der Waals surface area contributed by atoms with Gasteiger partial charge in [0.05, 0.1) is 21.6 Å². The molecule has 0 bridgehead atoms. The van der Waals surface area contributed by atoms with Crippen molar-refractivity contribution in [1.29, 1.82) is 0 Å². The lowest BCUT2D eigenvalue weighted by Crippen LogP contribution is -2.26. The van der Waals surface area contributed by atoms with Crippen molar-refractivity contribution in [2.45, 2.75) is 50.5 Å². The van der Waals surface area contributed by atoms with Crippen LogP contribution < -0.4 is 4.31 Å². The van der Waals surface area contributed by atoms with Crippen LogP contribution in [0.4, 0.5) is 5.69 Å². The number of fused-ring (bicyclic) bond motifs is 1. The number of rotatable bonds is 8. The molecule has 4 rings (SSSR count). The average Bonchev–Trinajstić information content (AvgIpc) is 3.14. The number of hydrogen-bond acceptors (Lipinski definition) is 4. The summed E-state index contributed by atoms with van der Waals surface area (Å²) in [6, 6.07) is 14.3. The summed E-state index contributed by atoms with van der Waals surface area (Å²) in [5, 5.41) is 0. The molecule has 0 aliphatic carbocycles. The fourth-order valence-electron chi connectivity index (χ4n) is 4.17. The van der Waals surface area contributed by atoms with Gasteiger partial charge in [-0.2, -0.15) is 0 Å². The fourth-order valence-corrected chi connectivity index (χ4v) is 5.38. The van der Waals surface area contributed by atoms with Crippen LogP contribution in [0.15, 0.2) is 53.4 Å². The quantitative estimate of drug-likeness (QED) is 0.511. The Morgan fingerprint density at radius 3 is 2.58 bits per heavy atom. The molecule has 31 heavy (non-hydrogen) atoms. The summed E-state index contributed by atoms with van der Waals surface area (Å²) in [6.45, 7) is 4.78. The molecule has 2 aromatic carbocycles. The maximum absolute atomic E-state index is 13.0. The number of ether oxygens (including phenoxy) is 1. The summed E-state index contributed by atoms with van der Waals surface area (Å²) in [5.74, 6) is 1.68. The average molecular weight is 442 g/mol. The summed E-state index contributed by atoms with van der Waals surface area (Å²) < 4.78 is 35.3. The molecule has 0 atom stereocenters. The Hall–Kier alpha value is -2.38. The van der Waals surface area contributed by atoms with Gasteiger partial charge in [-0.1, -0.05) is 31.5 Å². The molecule has 1 aliphatic heterocycles. The van der Waals surface area contributed by atoms with Gasteiger partial charge in [0.1, 0.15) is 5.82 Å². The number of hydrogen-bond donors (Lipinski definition) is 0. The minimum atomic E-state index is -3.62. The van der Waals surface area contributed by atoms with Gasteiger partial charge in [0.2, 0.25) is 0 Å². The molecule has 1 aliphatic rings. The van der Waals surface area contributed by atoms with Crippen LogP contribution in [0.5, 0.6) is 0 Å². The molecule has 0 spiro atoms. The van der Waals surface area contributed by atoms with Crippen LogP contribution in [-0.2, 0) is 27.7 Å². The van der Waals surface area contributed by atoms with E-state index in [9.17, 15) is 8.42 Å². The van der Waals surface area contributed by atoms with E-state index in [1.54, 1.807) is 31.3 Å². The molecule has 2 heterocycles. The highest BCUT2D eigenvalue weighted by Crippen LogP contribution is 2.28. The summed E-state index contributed by atoms with van der Waals surface area (Å²) >= 11 is 0. The zero-order valence-corrected chi connectivity index (χ0v) is 19.1. The number of nitrogens with zero attached hydrogens (tertiary/aromatic N) is 3. The molecule has 0 amide bonds. The fraction of sp³-hybridized carbons (Fsp3) is 0.458. The molecule has 3 aromatic rings. The molecule has 6 nitrogen and oxygen atoms in total. The van der Waals surface area contributed by atoms with E-state index in [2.05, 4.69) is 11.5 Å². The summed E-state index contributed by atoms with van der Waals surface area (Å²) in [6.07, 6.45) is 5.28. The minimum Gasteiger partial charge on any atom is -0.381 e. The van der Waals surface area contributed by atoms with E-state index in [1.807, 2.05) is 24.3 Å². The van der Waals surface area contributed by atoms with Crippen molar-refractivity contribution in [2.75, 3.05) is 24.6 Å². The Kier molecular flexibility index (Phi) is 6.62. The molecule has 166 valence electrons. The van der Waals surface area contributed by atoms with E-state index in [-0.39, 0.29) is 4.90 Å². The van der Waals surface area contributed by atoms with Gasteiger partial charge in [0.25, 0.3) is 10.0 Å². The molecule has 0 radical (unpaired) electrons. The maximum atomic E-state index is 13.0. The van der Waals surface area contributed by atoms with Crippen molar-refractivity contribution in [3.05, 3.63) is 54.4 Å². The van der Waals surface area contributed by atoms with E-state index in [4.69, 9.17) is 9.72 Å². The summed E-state index contributed by atoms with van der Waals surface area (Å²) in [7, 11) is -2.02. The Bertz CT molecular complexity index is 1120. The van der Waals surface area contributed by atoms with E-state index < -0.39 is 10.0 Å². The number of benzene rings is 2. The first kappa shape index (κ1) is 21.8. The Morgan fingerprint density at radius 2 is 1.87 bits per heavy atom. The summed E-state index contributed by atoms with van der Waals surface area (Å²) in [4.78, 5) is 5.21. The molecular formula is C24H31N3O3S. The van der Waals surface area contributed by atoms with Gasteiger partial charge in [-0.15, -0.1) is 0 Å². The van der Waals surface area contributed by atoms with Crippen molar-refractivity contribution in [1.82, 2.24) is 9.55 Å². The third-order valence-corrected chi connectivity index (χ3v) is 7.91. The zero-order valence-electron chi connectivity index (χ0n) is 18.3. The normalized spacial score (nSPS) is 15.4. The van der Waals surface area contributed by atoms with Gasteiger partial charge >= 0.3 is 0 Å². The predicted molar refractivity (Wildman–Crippen MR) is 124 cm³/mol. The summed E-state index contributed by atoms with van der Waals surface area (Å²) in [5.41, 5.74) is 2.55. The Labute approximate surface area is 184 Å². The molecular weight excluding hydrogens is 410 g/mol. The number of aromatic nitrogens is 2. The third kappa shape index (κ3) is 4.62.